The molecule has 9 nitrogen and oxygen atoms in total. The lowest BCUT2D eigenvalue weighted by Crippen LogP contribution is -2.49. The van der Waals surface area contributed by atoms with Crippen molar-refractivity contribution in [3.05, 3.63) is 48.2 Å². The number of nitrogen functional groups attached to an aromatic ring is 1. The summed E-state index contributed by atoms with van der Waals surface area (Å²) < 4.78 is 7.62. The first-order valence-corrected chi connectivity index (χ1v) is 10.4. The standard InChI is InChI=1S/C22H17N5O4S/c1-31-14-4-3-13-10-27(18(28)15(13)9-14)11-22(19(29)25-21(30)26-22)7-6-12-2-5-17-16(8-12)24-20(23)32-17/h2-5,8-10,28H,11H2,1H3,(H2,23,24)(H2,25,26,29,30)/t22-/m1/s1. The molecule has 3 amide bonds. The number of nitrogens with zero attached hydrogens (tertiary/aromatic N) is 2. The van der Waals surface area contributed by atoms with Crippen LogP contribution in [0.3, 0.4) is 0 Å². The van der Waals surface area contributed by atoms with E-state index in [2.05, 4.69) is 27.5 Å². The van der Waals surface area contributed by atoms with Gasteiger partial charge in [-0.3, -0.25) is 10.1 Å². The van der Waals surface area contributed by atoms with Gasteiger partial charge in [0, 0.05) is 22.5 Å². The molecule has 0 aliphatic carbocycles. The maximum Gasteiger partial charge on any atom is 0.323 e. The molecule has 1 saturated heterocycles. The van der Waals surface area contributed by atoms with Crippen LogP contribution in [-0.4, -0.2) is 39.2 Å². The molecule has 1 aliphatic rings. The van der Waals surface area contributed by atoms with E-state index in [-0.39, 0.29) is 12.4 Å². The first-order valence-electron chi connectivity index (χ1n) is 9.55. The van der Waals surface area contributed by atoms with E-state index in [1.54, 1.807) is 36.5 Å². The van der Waals surface area contributed by atoms with Crippen LogP contribution >= 0.6 is 11.3 Å². The SMILES string of the molecule is COc1ccc2cn(C[C@@]3(C#Cc4ccc5sc(N)nc5c4)NC(=O)NC3=O)c(O)c2c1. The third kappa shape index (κ3) is 3.25. The number of amides is 3. The Morgan fingerprint density at radius 2 is 2.12 bits per heavy atom. The van der Waals surface area contributed by atoms with Gasteiger partial charge in [-0.2, -0.15) is 0 Å². The summed E-state index contributed by atoms with van der Waals surface area (Å²) in [6.45, 7) is -0.0910. The molecule has 0 unspecified atom stereocenters. The first-order chi connectivity index (χ1) is 15.4. The van der Waals surface area contributed by atoms with Gasteiger partial charge in [-0.25, -0.2) is 9.78 Å². The van der Waals surface area contributed by atoms with Crippen molar-refractivity contribution < 1.29 is 19.4 Å². The number of aromatic hydroxyl groups is 1. The molecule has 2 aromatic carbocycles. The number of nitrogens with two attached hydrogens (primary N) is 1. The highest BCUT2D eigenvalue weighted by Crippen LogP contribution is 2.32. The second-order valence-electron chi connectivity index (χ2n) is 7.33. The molecule has 4 aromatic rings. The highest BCUT2D eigenvalue weighted by molar-refractivity contribution is 7.22. The zero-order valence-electron chi connectivity index (χ0n) is 16.8. The van der Waals surface area contributed by atoms with Crippen molar-refractivity contribution in [1.82, 2.24) is 20.2 Å². The summed E-state index contributed by atoms with van der Waals surface area (Å²) in [6.07, 6.45) is 1.69. The zero-order valence-corrected chi connectivity index (χ0v) is 17.6. The summed E-state index contributed by atoms with van der Waals surface area (Å²) in [5.74, 6) is 5.79. The molecule has 0 spiro atoms. The van der Waals surface area contributed by atoms with Crippen molar-refractivity contribution in [2.75, 3.05) is 12.8 Å². The molecule has 0 saturated carbocycles. The predicted molar refractivity (Wildman–Crippen MR) is 120 cm³/mol. The van der Waals surface area contributed by atoms with Crippen LogP contribution in [0.15, 0.2) is 42.6 Å². The summed E-state index contributed by atoms with van der Waals surface area (Å²) in [5.41, 5.74) is 5.51. The number of benzene rings is 2. The summed E-state index contributed by atoms with van der Waals surface area (Å²) in [5, 5.41) is 17.3. The molecule has 5 rings (SSSR count). The minimum Gasteiger partial charge on any atom is -0.497 e. The number of nitrogens with one attached hydrogen (secondary N) is 2. The molecule has 1 atom stereocenters. The third-order valence-corrected chi connectivity index (χ3v) is 6.11. The van der Waals surface area contributed by atoms with Crippen LogP contribution in [0.25, 0.3) is 21.0 Å². The number of aromatic nitrogens is 2. The minimum atomic E-state index is -1.57. The third-order valence-electron chi connectivity index (χ3n) is 5.24. The maximum atomic E-state index is 12.7. The van der Waals surface area contributed by atoms with Gasteiger partial charge in [0.05, 0.1) is 23.9 Å². The number of thiazole rings is 1. The molecule has 0 bridgehead atoms. The molecule has 160 valence electrons. The van der Waals surface area contributed by atoms with E-state index in [9.17, 15) is 14.7 Å². The van der Waals surface area contributed by atoms with E-state index < -0.39 is 17.5 Å². The number of methoxy groups -OCH3 is 1. The van der Waals surface area contributed by atoms with Crippen LogP contribution in [0, 0.1) is 11.8 Å². The number of carbonyl (C=O) groups excluding carboxylic acids is 2. The number of urea groups is 1. The van der Waals surface area contributed by atoms with Crippen molar-refractivity contribution >= 4 is 49.4 Å². The predicted octanol–water partition coefficient (Wildman–Crippen LogP) is 2.18. The van der Waals surface area contributed by atoms with Gasteiger partial charge >= 0.3 is 6.03 Å². The van der Waals surface area contributed by atoms with E-state index in [4.69, 9.17) is 10.5 Å². The lowest BCUT2D eigenvalue weighted by molar-refractivity contribution is -0.122. The van der Waals surface area contributed by atoms with Gasteiger partial charge in [-0.15, -0.1) is 0 Å². The lowest BCUT2D eigenvalue weighted by Gasteiger charge is -2.20. The zero-order chi connectivity index (χ0) is 22.5. The number of rotatable bonds is 3. The quantitative estimate of drug-likeness (QED) is 0.281. The maximum absolute atomic E-state index is 12.7. The summed E-state index contributed by atoms with van der Waals surface area (Å²) in [6, 6.07) is 10.0. The molecular weight excluding hydrogens is 430 g/mol. The van der Waals surface area contributed by atoms with Crippen LogP contribution in [-0.2, 0) is 11.3 Å². The van der Waals surface area contributed by atoms with Crippen LogP contribution < -0.4 is 21.1 Å². The largest absolute Gasteiger partial charge is 0.497 e. The van der Waals surface area contributed by atoms with Gasteiger partial charge in [-0.1, -0.05) is 23.2 Å². The van der Waals surface area contributed by atoms with Crippen LogP contribution in [0.5, 0.6) is 11.6 Å². The number of hydrogen-bond acceptors (Lipinski definition) is 7. The Labute approximate surface area is 185 Å². The molecule has 2 aromatic heterocycles. The van der Waals surface area contributed by atoms with Gasteiger partial charge < -0.3 is 25.5 Å². The molecule has 3 heterocycles. The van der Waals surface area contributed by atoms with Gasteiger partial charge in [0.15, 0.2) is 11.0 Å². The summed E-state index contributed by atoms with van der Waals surface area (Å²) in [4.78, 5) is 29.0. The number of carbonyl (C=O) groups is 2. The van der Waals surface area contributed by atoms with Crippen LogP contribution in [0.2, 0.25) is 0 Å². The van der Waals surface area contributed by atoms with E-state index >= 15 is 0 Å². The average molecular weight is 447 g/mol. The number of anilines is 1. The normalized spacial score (nSPS) is 17.8. The molecule has 1 fully saturated rings. The average Bonchev–Trinajstić information content (AvgIpc) is 3.38. The smallest absolute Gasteiger partial charge is 0.323 e. The Bertz CT molecular complexity index is 1480. The highest BCUT2D eigenvalue weighted by atomic mass is 32.1. The van der Waals surface area contributed by atoms with Crippen molar-refractivity contribution in [3.8, 4) is 23.5 Å². The van der Waals surface area contributed by atoms with Gasteiger partial charge in [0.25, 0.3) is 5.91 Å². The fraction of sp³-hybridized carbons (Fsp3) is 0.136. The number of ether oxygens (including phenoxy) is 1. The Balaban J connectivity index is 1.55. The Hall–Kier alpha value is -4.23. The van der Waals surface area contributed by atoms with Crippen molar-refractivity contribution in [1.29, 1.82) is 0 Å². The summed E-state index contributed by atoms with van der Waals surface area (Å²) in [7, 11) is 1.54. The monoisotopic (exact) mass is 447 g/mol. The number of fused-ring (bicyclic) bond motifs is 2. The molecular formula is C22H17N5O4S. The fourth-order valence-corrected chi connectivity index (χ4v) is 4.38. The Morgan fingerprint density at radius 1 is 1.28 bits per heavy atom. The second-order valence-corrected chi connectivity index (χ2v) is 8.39. The molecule has 5 N–H and O–H groups in total. The Kier molecular flexibility index (Phi) is 4.42. The molecule has 32 heavy (non-hydrogen) atoms. The lowest BCUT2D eigenvalue weighted by atomic mass is 9.99. The number of imide groups is 1. The summed E-state index contributed by atoms with van der Waals surface area (Å²) >= 11 is 1.37. The number of hydrogen-bond donors (Lipinski definition) is 4. The van der Waals surface area contributed by atoms with E-state index in [1.165, 1.54) is 23.0 Å². The minimum absolute atomic E-state index is 0.0617. The fourth-order valence-electron chi connectivity index (χ4n) is 3.66. The molecule has 10 heteroatoms. The van der Waals surface area contributed by atoms with Crippen molar-refractivity contribution in [3.63, 3.8) is 0 Å². The van der Waals surface area contributed by atoms with Crippen LogP contribution in [0.1, 0.15) is 5.56 Å². The highest BCUT2D eigenvalue weighted by Gasteiger charge is 2.46. The van der Waals surface area contributed by atoms with E-state index in [0.717, 1.165) is 10.1 Å². The van der Waals surface area contributed by atoms with Gasteiger partial charge in [-0.05, 0) is 36.4 Å². The molecule has 0 radical (unpaired) electrons. The topological polar surface area (TPSA) is 131 Å². The molecule has 1 aliphatic heterocycles. The van der Waals surface area contributed by atoms with E-state index in [0.29, 0.717) is 27.3 Å². The van der Waals surface area contributed by atoms with Crippen LogP contribution in [0.4, 0.5) is 9.93 Å². The first kappa shape index (κ1) is 19.7. The van der Waals surface area contributed by atoms with E-state index in [1.807, 2.05) is 6.07 Å². The van der Waals surface area contributed by atoms with Crippen molar-refractivity contribution in [2.45, 2.75) is 12.1 Å². The van der Waals surface area contributed by atoms with Crippen molar-refractivity contribution in [2.24, 2.45) is 0 Å². The van der Waals surface area contributed by atoms with Gasteiger partial charge in [0.2, 0.25) is 5.54 Å². The van der Waals surface area contributed by atoms with Gasteiger partial charge in [0.1, 0.15) is 5.75 Å². The second kappa shape index (κ2) is 7.18. The Morgan fingerprint density at radius 3 is 2.88 bits per heavy atom.